The van der Waals surface area contributed by atoms with Crippen molar-refractivity contribution in [3.8, 4) is 0 Å². The highest BCUT2D eigenvalue weighted by atomic mass is 32.2. The van der Waals surface area contributed by atoms with Gasteiger partial charge in [0.05, 0.1) is 11.3 Å². The Morgan fingerprint density at radius 3 is 2.11 bits per heavy atom. The third kappa shape index (κ3) is 4.90. The number of hydrogen-bond acceptors (Lipinski definition) is 4. The number of hydrogen-bond donors (Lipinski definition) is 1. The second-order valence-electron chi connectivity index (χ2n) is 6.35. The van der Waals surface area contributed by atoms with Crippen LogP contribution in [0.1, 0.15) is 37.9 Å². The summed E-state index contributed by atoms with van der Waals surface area (Å²) in [6.07, 6.45) is 0.292. The standard InChI is InChI=1S/C18H20N2.CHF3O3S/c1-13(16-9-5-4-6-10-16)20-14(2)17-11-7-8-12-18(17)19-15(20)3;2-1(3,4)8(5,6)7/h4-13,15H,1-3H3;(H,5,6,7)/t13-,15?;/m1./s1. The number of para-hydroxylation sites is 1. The largest absolute Gasteiger partial charge is 0.741 e. The van der Waals surface area contributed by atoms with Gasteiger partial charge in [0.1, 0.15) is 0 Å². The van der Waals surface area contributed by atoms with E-state index in [1.54, 1.807) is 0 Å². The van der Waals surface area contributed by atoms with E-state index < -0.39 is 15.6 Å². The molecule has 1 unspecified atom stereocenters. The molecule has 0 amide bonds. The Bertz CT molecular complexity index is 958. The van der Waals surface area contributed by atoms with Crippen molar-refractivity contribution in [3.63, 3.8) is 0 Å². The molecule has 152 valence electrons. The second kappa shape index (κ2) is 8.32. The number of halogens is 3. The van der Waals surface area contributed by atoms with Gasteiger partial charge in [-0.1, -0.05) is 42.5 Å². The highest BCUT2D eigenvalue weighted by molar-refractivity contribution is 7.86. The van der Waals surface area contributed by atoms with Crippen LogP contribution in [0.2, 0.25) is 0 Å². The van der Waals surface area contributed by atoms with Crippen molar-refractivity contribution in [2.24, 2.45) is 0 Å². The molecule has 28 heavy (non-hydrogen) atoms. The van der Waals surface area contributed by atoms with Gasteiger partial charge in [0.25, 0.3) is 0 Å². The first kappa shape index (κ1) is 21.9. The van der Waals surface area contributed by atoms with Crippen LogP contribution >= 0.6 is 0 Å². The lowest BCUT2D eigenvalue weighted by Gasteiger charge is -2.27. The number of alkyl halides is 3. The fourth-order valence-corrected chi connectivity index (χ4v) is 3.17. The van der Waals surface area contributed by atoms with E-state index in [9.17, 15) is 13.2 Å². The van der Waals surface area contributed by atoms with Crippen molar-refractivity contribution in [2.45, 2.75) is 38.5 Å². The van der Waals surface area contributed by atoms with E-state index in [1.165, 1.54) is 22.5 Å². The van der Waals surface area contributed by atoms with Crippen LogP contribution < -0.4 is 5.32 Å². The van der Waals surface area contributed by atoms with Crippen LogP contribution in [-0.2, 0) is 10.1 Å². The molecule has 2 aromatic rings. The summed E-state index contributed by atoms with van der Waals surface area (Å²) in [5.41, 5.74) is -0.432. The zero-order chi connectivity index (χ0) is 21.1. The molecule has 0 radical (unpaired) electrons. The first-order valence-corrected chi connectivity index (χ1v) is 9.89. The SMILES string of the molecule is CC1=[N+]([C@H](C)c2ccccc2)C(C)Nc2ccccc21.O=S(=O)([O-])C(F)(F)F. The summed E-state index contributed by atoms with van der Waals surface area (Å²) >= 11 is 0. The number of anilines is 1. The average Bonchev–Trinajstić information content (AvgIpc) is 2.61. The molecule has 0 bridgehead atoms. The quantitative estimate of drug-likeness (QED) is 0.456. The van der Waals surface area contributed by atoms with Crippen molar-refractivity contribution < 1.29 is 30.7 Å². The number of rotatable bonds is 2. The molecule has 0 aromatic heterocycles. The summed E-state index contributed by atoms with van der Waals surface area (Å²) in [7, 11) is -6.09. The Morgan fingerprint density at radius 2 is 1.57 bits per heavy atom. The van der Waals surface area contributed by atoms with Gasteiger partial charge in [-0.25, -0.2) is 13.0 Å². The van der Waals surface area contributed by atoms with Gasteiger partial charge in [-0.15, -0.1) is 0 Å². The Kier molecular flexibility index (Phi) is 6.51. The summed E-state index contributed by atoms with van der Waals surface area (Å²) in [4.78, 5) is 0. The lowest BCUT2D eigenvalue weighted by molar-refractivity contribution is -0.596. The van der Waals surface area contributed by atoms with E-state index in [0.29, 0.717) is 12.2 Å². The average molecular weight is 414 g/mol. The van der Waals surface area contributed by atoms with E-state index in [1.807, 2.05) is 0 Å². The van der Waals surface area contributed by atoms with Gasteiger partial charge in [0, 0.05) is 26.3 Å². The third-order valence-electron chi connectivity index (χ3n) is 4.47. The third-order valence-corrected chi connectivity index (χ3v) is 5.04. The minimum atomic E-state index is -6.09. The predicted octanol–water partition coefficient (Wildman–Crippen LogP) is 4.09. The maximum absolute atomic E-state index is 10.7. The lowest BCUT2D eigenvalue weighted by Crippen LogP contribution is -2.40. The summed E-state index contributed by atoms with van der Waals surface area (Å²) in [5, 5.41) is 3.60. The van der Waals surface area contributed by atoms with Gasteiger partial charge in [-0.3, -0.25) is 0 Å². The number of nitrogens with zero attached hydrogens (tertiary/aromatic N) is 1. The number of benzene rings is 2. The van der Waals surface area contributed by atoms with Gasteiger partial charge < -0.3 is 9.87 Å². The van der Waals surface area contributed by atoms with Gasteiger partial charge in [0.15, 0.2) is 21.9 Å². The molecule has 5 nitrogen and oxygen atoms in total. The van der Waals surface area contributed by atoms with Crippen LogP contribution in [0.5, 0.6) is 0 Å². The first-order valence-electron chi connectivity index (χ1n) is 8.48. The van der Waals surface area contributed by atoms with Crippen LogP contribution in [0.25, 0.3) is 0 Å². The van der Waals surface area contributed by atoms with E-state index >= 15 is 0 Å². The van der Waals surface area contributed by atoms with E-state index in [0.717, 1.165) is 0 Å². The summed E-state index contributed by atoms with van der Waals surface area (Å²) in [6.45, 7) is 6.71. The zero-order valence-corrected chi connectivity index (χ0v) is 16.4. The number of fused-ring (bicyclic) bond motifs is 1. The normalized spacial score (nSPS) is 17.8. The van der Waals surface area contributed by atoms with Crippen LogP contribution in [0.4, 0.5) is 18.9 Å². The molecule has 2 aromatic carbocycles. The molecule has 2 atom stereocenters. The minimum Gasteiger partial charge on any atom is -0.741 e. The fourth-order valence-electron chi connectivity index (χ4n) is 3.17. The molecule has 1 heterocycles. The Balaban J connectivity index is 0.000000300. The zero-order valence-electron chi connectivity index (χ0n) is 15.6. The Morgan fingerprint density at radius 1 is 1.07 bits per heavy atom. The molecule has 9 heteroatoms. The maximum atomic E-state index is 10.7. The monoisotopic (exact) mass is 414 g/mol. The molecule has 3 rings (SSSR count). The highest BCUT2D eigenvalue weighted by Gasteiger charge is 2.37. The molecule has 0 saturated carbocycles. The van der Waals surface area contributed by atoms with Crippen LogP contribution in [-0.4, -0.2) is 34.9 Å². The molecular formula is C19H21F3N2O3S. The van der Waals surface area contributed by atoms with Crippen molar-refractivity contribution in [1.29, 1.82) is 0 Å². The molecule has 0 spiro atoms. The molecular weight excluding hydrogens is 393 g/mol. The van der Waals surface area contributed by atoms with E-state index in [-0.39, 0.29) is 0 Å². The minimum absolute atomic E-state index is 0.292. The summed E-state index contributed by atoms with van der Waals surface area (Å²) in [6, 6.07) is 19.6. The Labute approximate surface area is 162 Å². The fraction of sp³-hybridized carbons (Fsp3) is 0.316. The van der Waals surface area contributed by atoms with Gasteiger partial charge in [-0.05, 0) is 12.1 Å². The van der Waals surface area contributed by atoms with Crippen LogP contribution in [0, 0.1) is 0 Å². The van der Waals surface area contributed by atoms with Crippen molar-refractivity contribution in [3.05, 3.63) is 65.7 Å². The second-order valence-corrected chi connectivity index (χ2v) is 7.72. The first-order chi connectivity index (χ1) is 12.9. The van der Waals surface area contributed by atoms with Crippen molar-refractivity contribution in [2.75, 3.05) is 5.32 Å². The Hall–Kier alpha value is -2.39. The highest BCUT2D eigenvalue weighted by Crippen LogP contribution is 2.27. The lowest BCUT2D eigenvalue weighted by atomic mass is 10.0. The van der Waals surface area contributed by atoms with Gasteiger partial charge in [-0.2, -0.15) is 13.2 Å². The maximum Gasteiger partial charge on any atom is 0.485 e. The topological polar surface area (TPSA) is 72.2 Å². The smallest absolute Gasteiger partial charge is 0.485 e. The van der Waals surface area contributed by atoms with Gasteiger partial charge in [0.2, 0.25) is 6.17 Å². The summed E-state index contributed by atoms with van der Waals surface area (Å²) < 4.78 is 61.4. The molecule has 1 aliphatic rings. The molecule has 1 N–H and O–H groups in total. The van der Waals surface area contributed by atoms with E-state index in [2.05, 4.69) is 85.3 Å². The van der Waals surface area contributed by atoms with Crippen LogP contribution in [0.15, 0.2) is 54.6 Å². The molecule has 0 saturated heterocycles. The summed E-state index contributed by atoms with van der Waals surface area (Å²) in [5.74, 6) is 0. The molecule has 0 fully saturated rings. The predicted molar refractivity (Wildman–Crippen MR) is 100 cm³/mol. The van der Waals surface area contributed by atoms with Crippen molar-refractivity contribution >= 4 is 21.5 Å². The van der Waals surface area contributed by atoms with E-state index in [4.69, 9.17) is 13.0 Å². The van der Waals surface area contributed by atoms with Crippen LogP contribution in [0.3, 0.4) is 0 Å². The molecule has 0 aliphatic carbocycles. The molecule has 1 aliphatic heterocycles. The van der Waals surface area contributed by atoms with Gasteiger partial charge >= 0.3 is 5.51 Å². The number of nitrogens with one attached hydrogen (secondary N) is 1. The van der Waals surface area contributed by atoms with Crippen molar-refractivity contribution in [1.82, 2.24) is 0 Å².